The molecule has 4 heteroatoms. The third-order valence-corrected chi connectivity index (χ3v) is 3.40. The van der Waals surface area contributed by atoms with Crippen LogP contribution >= 0.6 is 0 Å². The van der Waals surface area contributed by atoms with E-state index in [2.05, 4.69) is 5.32 Å². The van der Waals surface area contributed by atoms with Gasteiger partial charge in [0.25, 0.3) is 5.91 Å². The maximum Gasteiger partial charge on any atom is 0.253 e. The van der Waals surface area contributed by atoms with Crippen LogP contribution in [-0.4, -0.2) is 30.8 Å². The van der Waals surface area contributed by atoms with E-state index in [1.807, 2.05) is 60.7 Å². The zero-order valence-electron chi connectivity index (χ0n) is 12.6. The highest BCUT2D eigenvalue weighted by Crippen LogP contribution is 2.16. The lowest BCUT2D eigenvalue weighted by molar-refractivity contribution is -0.131. The topological polar surface area (TPSA) is 58.6 Å². The van der Waals surface area contributed by atoms with Gasteiger partial charge in [-0.05, 0) is 11.1 Å². The van der Waals surface area contributed by atoms with Gasteiger partial charge < -0.3 is 15.2 Å². The zero-order valence-corrected chi connectivity index (χ0v) is 12.6. The molecule has 22 heavy (non-hydrogen) atoms. The molecule has 0 radical (unpaired) electrons. The summed E-state index contributed by atoms with van der Waals surface area (Å²) in [6.07, 6.45) is -0.783. The van der Waals surface area contributed by atoms with Crippen LogP contribution in [0, 0.1) is 0 Å². The summed E-state index contributed by atoms with van der Waals surface area (Å²) in [6.45, 7) is 0.195. The van der Waals surface area contributed by atoms with Crippen LogP contribution < -0.4 is 5.32 Å². The highest BCUT2D eigenvalue weighted by atomic mass is 16.5. The fraction of sp³-hybridized carbons (Fsp3) is 0.278. The van der Waals surface area contributed by atoms with Crippen LogP contribution in [0.2, 0.25) is 0 Å². The predicted octanol–water partition coefficient (Wildman–Crippen LogP) is 2.09. The first-order valence-corrected chi connectivity index (χ1v) is 7.28. The number of hydrogen-bond donors (Lipinski definition) is 2. The van der Waals surface area contributed by atoms with E-state index in [-0.39, 0.29) is 12.5 Å². The number of hydrogen-bond acceptors (Lipinski definition) is 3. The Bertz CT molecular complexity index is 571. The van der Waals surface area contributed by atoms with E-state index in [9.17, 15) is 9.90 Å². The van der Waals surface area contributed by atoms with E-state index in [0.717, 1.165) is 11.1 Å². The molecule has 0 saturated heterocycles. The summed E-state index contributed by atoms with van der Waals surface area (Å²) in [5, 5.41) is 12.8. The number of carbonyl (C=O) groups is 1. The predicted molar refractivity (Wildman–Crippen MR) is 85.4 cm³/mol. The highest BCUT2D eigenvalue weighted by molar-refractivity contribution is 5.82. The number of benzene rings is 2. The minimum absolute atomic E-state index is 0.195. The van der Waals surface area contributed by atoms with Crippen molar-refractivity contribution in [2.75, 3.05) is 13.7 Å². The maximum atomic E-state index is 12.2. The van der Waals surface area contributed by atoms with E-state index in [1.54, 1.807) is 0 Å². The first-order chi connectivity index (χ1) is 10.7. The normalized spacial score (nSPS) is 13.4. The summed E-state index contributed by atoms with van der Waals surface area (Å²) in [7, 11) is 1.50. The molecule has 2 aromatic carbocycles. The molecule has 0 aliphatic rings. The molecule has 2 atom stereocenters. The number of aliphatic hydroxyl groups is 1. The van der Waals surface area contributed by atoms with Crippen LogP contribution in [0.25, 0.3) is 0 Å². The largest absolute Gasteiger partial charge is 0.391 e. The smallest absolute Gasteiger partial charge is 0.253 e. The van der Waals surface area contributed by atoms with E-state index in [1.165, 1.54) is 7.11 Å². The van der Waals surface area contributed by atoms with E-state index < -0.39 is 12.2 Å². The number of rotatable bonds is 7. The second-order valence-corrected chi connectivity index (χ2v) is 5.12. The molecular formula is C18H21NO3. The zero-order chi connectivity index (χ0) is 15.8. The lowest BCUT2D eigenvalue weighted by Gasteiger charge is -2.17. The summed E-state index contributed by atoms with van der Waals surface area (Å²) >= 11 is 0. The van der Waals surface area contributed by atoms with Gasteiger partial charge in [-0.2, -0.15) is 0 Å². The van der Waals surface area contributed by atoms with Gasteiger partial charge in [-0.3, -0.25) is 4.79 Å². The summed E-state index contributed by atoms with van der Waals surface area (Å²) in [6, 6.07) is 19.0. The second-order valence-electron chi connectivity index (χ2n) is 5.12. The molecule has 2 rings (SSSR count). The van der Waals surface area contributed by atoms with Crippen molar-refractivity contribution in [1.29, 1.82) is 0 Å². The average molecular weight is 299 g/mol. The minimum atomic E-state index is -0.662. The lowest BCUT2D eigenvalue weighted by Crippen LogP contribution is -2.36. The molecule has 2 aromatic rings. The SMILES string of the molecule is COC(C(=O)NCC(O)Cc1ccccc1)c1ccccc1. The quantitative estimate of drug-likeness (QED) is 0.823. The summed E-state index contributed by atoms with van der Waals surface area (Å²) in [5.74, 6) is -0.249. The van der Waals surface area contributed by atoms with Crippen molar-refractivity contribution in [3.8, 4) is 0 Å². The third kappa shape index (κ3) is 4.69. The van der Waals surface area contributed by atoms with Gasteiger partial charge in [0.05, 0.1) is 6.10 Å². The Morgan fingerprint density at radius 1 is 1.09 bits per heavy atom. The molecule has 4 nitrogen and oxygen atoms in total. The molecule has 0 bridgehead atoms. The van der Waals surface area contributed by atoms with Crippen molar-refractivity contribution in [3.05, 3.63) is 71.8 Å². The molecule has 0 saturated carbocycles. The summed E-state index contributed by atoms with van der Waals surface area (Å²) < 4.78 is 5.26. The number of methoxy groups -OCH3 is 1. The van der Waals surface area contributed by atoms with E-state index in [4.69, 9.17) is 4.74 Å². The van der Waals surface area contributed by atoms with Crippen LogP contribution in [0.3, 0.4) is 0 Å². The third-order valence-electron chi connectivity index (χ3n) is 3.40. The molecule has 0 aliphatic carbocycles. The Balaban J connectivity index is 1.86. The van der Waals surface area contributed by atoms with Crippen molar-refractivity contribution < 1.29 is 14.6 Å². The first-order valence-electron chi connectivity index (χ1n) is 7.28. The Morgan fingerprint density at radius 2 is 1.68 bits per heavy atom. The minimum Gasteiger partial charge on any atom is -0.391 e. The standard InChI is InChI=1S/C18H21NO3/c1-22-17(15-10-6-3-7-11-15)18(21)19-13-16(20)12-14-8-4-2-5-9-14/h2-11,16-17,20H,12-13H2,1H3,(H,19,21). The molecule has 0 aromatic heterocycles. The molecule has 0 heterocycles. The van der Waals surface area contributed by atoms with Crippen LogP contribution in [0.4, 0.5) is 0 Å². The lowest BCUT2D eigenvalue weighted by atomic mass is 10.1. The molecule has 1 amide bonds. The van der Waals surface area contributed by atoms with Crippen molar-refractivity contribution >= 4 is 5.91 Å². The number of carbonyl (C=O) groups excluding carboxylic acids is 1. The van der Waals surface area contributed by atoms with E-state index >= 15 is 0 Å². The monoisotopic (exact) mass is 299 g/mol. The van der Waals surface area contributed by atoms with Gasteiger partial charge in [0, 0.05) is 20.1 Å². The van der Waals surface area contributed by atoms with Crippen molar-refractivity contribution in [1.82, 2.24) is 5.32 Å². The van der Waals surface area contributed by atoms with Crippen LogP contribution in [0.1, 0.15) is 17.2 Å². The number of amides is 1. The molecule has 0 spiro atoms. The number of nitrogens with one attached hydrogen (secondary N) is 1. The fourth-order valence-corrected chi connectivity index (χ4v) is 2.29. The molecule has 0 fully saturated rings. The fourth-order valence-electron chi connectivity index (χ4n) is 2.29. The Kier molecular flexibility index (Phi) is 6.13. The van der Waals surface area contributed by atoms with Crippen molar-refractivity contribution in [2.45, 2.75) is 18.6 Å². The van der Waals surface area contributed by atoms with Gasteiger partial charge in [-0.25, -0.2) is 0 Å². The molecule has 0 aliphatic heterocycles. The molecular weight excluding hydrogens is 278 g/mol. The van der Waals surface area contributed by atoms with Crippen molar-refractivity contribution in [3.63, 3.8) is 0 Å². The van der Waals surface area contributed by atoms with Crippen LogP contribution in [0.15, 0.2) is 60.7 Å². The van der Waals surface area contributed by atoms with Gasteiger partial charge in [-0.15, -0.1) is 0 Å². The Morgan fingerprint density at radius 3 is 2.27 bits per heavy atom. The number of aliphatic hydroxyl groups excluding tert-OH is 1. The van der Waals surface area contributed by atoms with Crippen LogP contribution in [-0.2, 0) is 16.0 Å². The van der Waals surface area contributed by atoms with Gasteiger partial charge >= 0.3 is 0 Å². The average Bonchev–Trinajstić information content (AvgIpc) is 2.55. The summed E-state index contributed by atoms with van der Waals surface area (Å²) in [4.78, 5) is 12.2. The molecule has 2 unspecified atom stereocenters. The second kappa shape index (κ2) is 8.32. The molecule has 116 valence electrons. The van der Waals surface area contributed by atoms with Gasteiger partial charge in [0.15, 0.2) is 6.10 Å². The van der Waals surface area contributed by atoms with Gasteiger partial charge in [0.2, 0.25) is 0 Å². The van der Waals surface area contributed by atoms with E-state index in [0.29, 0.717) is 6.42 Å². The van der Waals surface area contributed by atoms with Gasteiger partial charge in [-0.1, -0.05) is 60.7 Å². The Hall–Kier alpha value is -2.17. The van der Waals surface area contributed by atoms with Crippen molar-refractivity contribution in [2.24, 2.45) is 0 Å². The maximum absolute atomic E-state index is 12.2. The first kappa shape index (κ1) is 16.2. The van der Waals surface area contributed by atoms with Crippen LogP contribution in [0.5, 0.6) is 0 Å². The Labute approximate surface area is 130 Å². The molecule has 2 N–H and O–H groups in total. The number of ether oxygens (including phenoxy) is 1. The summed E-state index contributed by atoms with van der Waals surface area (Å²) in [5.41, 5.74) is 1.83. The highest BCUT2D eigenvalue weighted by Gasteiger charge is 2.20. The van der Waals surface area contributed by atoms with Gasteiger partial charge in [0.1, 0.15) is 0 Å².